The average molecular weight is 614 g/mol. The van der Waals surface area contributed by atoms with Gasteiger partial charge in [-0.3, -0.25) is 4.98 Å². The normalized spacial score (nSPS) is 19.1. The minimum Gasteiger partial charge on any atom is -0.494 e. The molecule has 3 N–H and O–H groups in total. The van der Waals surface area contributed by atoms with Gasteiger partial charge in [0.15, 0.2) is 22.8 Å². The number of carboxylic acids is 1. The van der Waals surface area contributed by atoms with Gasteiger partial charge in [0.05, 0.1) is 42.4 Å². The highest BCUT2D eigenvalue weighted by Gasteiger charge is 2.44. The van der Waals surface area contributed by atoms with Crippen LogP contribution < -0.4 is 10.5 Å². The van der Waals surface area contributed by atoms with Crippen molar-refractivity contribution in [2.24, 2.45) is 0 Å². The van der Waals surface area contributed by atoms with Crippen LogP contribution in [0.4, 0.5) is 10.2 Å². The van der Waals surface area contributed by atoms with Crippen molar-refractivity contribution in [1.82, 2.24) is 19.6 Å². The lowest BCUT2D eigenvalue weighted by Gasteiger charge is -2.36. The molecule has 1 aliphatic rings. The summed E-state index contributed by atoms with van der Waals surface area (Å²) in [7, 11) is 2.97. The van der Waals surface area contributed by atoms with E-state index < -0.39 is 17.4 Å². The summed E-state index contributed by atoms with van der Waals surface area (Å²) in [6.07, 6.45) is 5.20. The predicted octanol–water partition coefficient (Wildman–Crippen LogP) is 5.09. The summed E-state index contributed by atoms with van der Waals surface area (Å²) in [6.45, 7) is 0.545. The van der Waals surface area contributed by atoms with Gasteiger partial charge in [-0.2, -0.15) is 9.61 Å². The van der Waals surface area contributed by atoms with Gasteiger partial charge in [0.2, 0.25) is 0 Å². The highest BCUT2D eigenvalue weighted by Crippen LogP contribution is 2.43. The minimum atomic E-state index is -1.24. The number of aliphatic carboxylic acids is 1. The van der Waals surface area contributed by atoms with Crippen molar-refractivity contribution in [3.05, 3.63) is 58.7 Å². The maximum absolute atomic E-state index is 14.2. The third-order valence-electron chi connectivity index (χ3n) is 7.41. The number of hydrogen-bond acceptors (Lipinski definition) is 8. The van der Waals surface area contributed by atoms with E-state index in [1.54, 1.807) is 42.2 Å². The topological polar surface area (TPSA) is 134 Å². The number of nitrogens with two attached hydrogens (primary N) is 1. The summed E-state index contributed by atoms with van der Waals surface area (Å²) >= 11 is 3.60. The van der Waals surface area contributed by atoms with E-state index in [0.717, 1.165) is 16.8 Å². The van der Waals surface area contributed by atoms with Crippen LogP contribution in [0.15, 0.2) is 47.2 Å². The largest absolute Gasteiger partial charge is 0.494 e. The number of carbonyl (C=O) groups is 1. The molecule has 3 heterocycles. The Labute approximate surface area is 238 Å². The van der Waals surface area contributed by atoms with Crippen molar-refractivity contribution in [3.63, 3.8) is 0 Å². The van der Waals surface area contributed by atoms with Crippen molar-refractivity contribution in [3.8, 4) is 28.1 Å². The van der Waals surface area contributed by atoms with Crippen LogP contribution in [0.1, 0.15) is 37.3 Å². The number of anilines is 1. The van der Waals surface area contributed by atoms with Crippen molar-refractivity contribution >= 4 is 33.4 Å². The summed E-state index contributed by atoms with van der Waals surface area (Å²) in [4.78, 5) is 21.6. The van der Waals surface area contributed by atoms with E-state index in [1.165, 1.54) is 13.2 Å². The number of methoxy groups -OCH3 is 2. The van der Waals surface area contributed by atoms with Crippen LogP contribution in [0.25, 0.3) is 28.0 Å². The van der Waals surface area contributed by atoms with Gasteiger partial charge in [-0.15, -0.1) is 0 Å². The fourth-order valence-corrected chi connectivity index (χ4v) is 5.72. The number of rotatable bonds is 9. The van der Waals surface area contributed by atoms with Gasteiger partial charge < -0.3 is 25.1 Å². The molecule has 210 valence electrons. The Balaban J connectivity index is 1.43. The molecule has 0 amide bonds. The SMILES string of the molecule is COCCOC1(C(=O)O)CCC(c2nc3c(-c4ccc(-c5ccc(OC)c(F)c5)nc4)cnn3c(N)c2Br)CC1. The third-order valence-corrected chi connectivity index (χ3v) is 8.22. The summed E-state index contributed by atoms with van der Waals surface area (Å²) in [5.41, 5.74) is 9.27. The zero-order chi connectivity index (χ0) is 28.4. The van der Waals surface area contributed by atoms with Crippen LogP contribution >= 0.6 is 15.9 Å². The summed E-state index contributed by atoms with van der Waals surface area (Å²) in [5, 5.41) is 14.3. The number of nitrogens with zero attached hydrogens (tertiary/aromatic N) is 4. The van der Waals surface area contributed by atoms with E-state index in [0.29, 0.717) is 59.5 Å². The standard InChI is InChI=1S/C28H29BrFN5O5/c1-38-11-12-40-28(27(36)37)9-7-16(8-10-28)24-23(29)25(31)35-26(34-24)19(15-33-35)18-3-5-21(32-14-18)17-4-6-22(39-2)20(30)13-17/h3-6,13-16H,7-12,31H2,1-2H3,(H,36,37). The molecule has 0 spiro atoms. The molecular formula is C28H29BrFN5O5. The van der Waals surface area contributed by atoms with Crippen LogP contribution in [0, 0.1) is 5.82 Å². The van der Waals surface area contributed by atoms with E-state index in [4.69, 9.17) is 24.9 Å². The molecular weight excluding hydrogens is 585 g/mol. The lowest BCUT2D eigenvalue weighted by atomic mass is 9.77. The molecule has 0 aliphatic heterocycles. The smallest absolute Gasteiger partial charge is 0.335 e. The molecule has 5 rings (SSSR count). The molecule has 40 heavy (non-hydrogen) atoms. The molecule has 0 saturated heterocycles. The number of aromatic nitrogens is 4. The summed E-state index contributed by atoms with van der Waals surface area (Å²) in [6, 6.07) is 8.37. The number of benzene rings is 1. The van der Waals surface area contributed by atoms with Crippen LogP contribution in [0.2, 0.25) is 0 Å². The van der Waals surface area contributed by atoms with Crippen molar-refractivity contribution < 1.29 is 28.5 Å². The zero-order valence-electron chi connectivity index (χ0n) is 22.1. The fraction of sp³-hybridized carbons (Fsp3) is 0.357. The Hall–Kier alpha value is -3.61. The van der Waals surface area contributed by atoms with E-state index >= 15 is 0 Å². The van der Waals surface area contributed by atoms with Crippen LogP contribution in [0.5, 0.6) is 5.75 Å². The zero-order valence-corrected chi connectivity index (χ0v) is 23.6. The molecule has 1 saturated carbocycles. The monoisotopic (exact) mass is 613 g/mol. The fourth-order valence-electron chi connectivity index (χ4n) is 5.13. The lowest BCUT2D eigenvalue weighted by Crippen LogP contribution is -2.45. The van der Waals surface area contributed by atoms with Crippen LogP contribution in [-0.4, -0.2) is 63.7 Å². The molecule has 1 aromatic carbocycles. The molecule has 0 bridgehead atoms. The maximum atomic E-state index is 14.2. The van der Waals surface area contributed by atoms with Gasteiger partial charge in [-0.25, -0.2) is 14.2 Å². The number of ether oxygens (including phenoxy) is 3. The van der Waals surface area contributed by atoms with Gasteiger partial charge >= 0.3 is 5.97 Å². The quantitative estimate of drug-likeness (QED) is 0.247. The Morgan fingerprint density at radius 1 is 1.18 bits per heavy atom. The minimum absolute atomic E-state index is 0.0200. The first-order valence-corrected chi connectivity index (χ1v) is 13.6. The molecule has 12 heteroatoms. The van der Waals surface area contributed by atoms with Crippen LogP contribution in [-0.2, 0) is 14.3 Å². The average Bonchev–Trinajstić information content (AvgIpc) is 3.39. The number of halogens is 2. The Kier molecular flexibility index (Phi) is 8.02. The van der Waals surface area contributed by atoms with Crippen molar-refractivity contribution in [1.29, 1.82) is 0 Å². The van der Waals surface area contributed by atoms with Crippen LogP contribution in [0.3, 0.4) is 0 Å². The highest BCUT2D eigenvalue weighted by molar-refractivity contribution is 9.10. The number of carboxylic acid groups (broad SMARTS) is 1. The molecule has 10 nitrogen and oxygen atoms in total. The van der Waals surface area contributed by atoms with Gasteiger partial charge in [0.25, 0.3) is 0 Å². The predicted molar refractivity (Wildman–Crippen MR) is 150 cm³/mol. The second kappa shape index (κ2) is 11.5. The maximum Gasteiger partial charge on any atom is 0.335 e. The van der Waals surface area contributed by atoms with Gasteiger partial charge in [0, 0.05) is 35.9 Å². The molecule has 3 aromatic heterocycles. The molecule has 0 radical (unpaired) electrons. The second-order valence-corrected chi connectivity index (χ2v) is 10.5. The van der Waals surface area contributed by atoms with E-state index in [9.17, 15) is 14.3 Å². The molecule has 0 unspecified atom stereocenters. The Morgan fingerprint density at radius 3 is 2.55 bits per heavy atom. The van der Waals surface area contributed by atoms with Gasteiger partial charge in [-0.1, -0.05) is 6.07 Å². The second-order valence-electron chi connectivity index (χ2n) is 9.69. The molecule has 0 atom stereocenters. The number of hydrogen-bond donors (Lipinski definition) is 2. The molecule has 1 aliphatic carbocycles. The first kappa shape index (κ1) is 27.9. The summed E-state index contributed by atoms with van der Waals surface area (Å²) in [5.74, 6) is -0.876. The Bertz CT molecular complexity index is 1540. The van der Waals surface area contributed by atoms with Gasteiger partial charge in [0.1, 0.15) is 5.82 Å². The summed E-state index contributed by atoms with van der Waals surface area (Å²) < 4.78 is 32.2. The van der Waals surface area contributed by atoms with Crippen molar-refractivity contribution in [2.75, 3.05) is 33.2 Å². The van der Waals surface area contributed by atoms with E-state index in [-0.39, 0.29) is 18.3 Å². The first-order valence-electron chi connectivity index (χ1n) is 12.8. The van der Waals surface area contributed by atoms with Crippen molar-refractivity contribution in [2.45, 2.75) is 37.2 Å². The van der Waals surface area contributed by atoms with E-state index in [1.807, 2.05) is 6.07 Å². The lowest BCUT2D eigenvalue weighted by molar-refractivity contribution is -0.173. The van der Waals surface area contributed by atoms with Gasteiger partial charge in [-0.05, 0) is 65.9 Å². The first-order chi connectivity index (χ1) is 19.3. The number of pyridine rings is 1. The molecule has 4 aromatic rings. The Morgan fingerprint density at radius 2 is 1.93 bits per heavy atom. The van der Waals surface area contributed by atoms with E-state index in [2.05, 4.69) is 26.0 Å². The number of nitrogen functional groups attached to an aromatic ring is 1. The molecule has 1 fully saturated rings. The highest BCUT2D eigenvalue weighted by atomic mass is 79.9. The third kappa shape index (κ3) is 5.14. The number of fused-ring (bicyclic) bond motifs is 1.